The fourth-order valence-corrected chi connectivity index (χ4v) is 6.71. The van der Waals surface area contributed by atoms with Gasteiger partial charge in [-0.2, -0.15) is 0 Å². The highest BCUT2D eigenvalue weighted by Crippen LogP contribution is 2.41. The summed E-state index contributed by atoms with van der Waals surface area (Å²) in [6.45, 7) is 7.60. The summed E-state index contributed by atoms with van der Waals surface area (Å²) in [4.78, 5) is 37.4. The lowest BCUT2D eigenvalue weighted by Gasteiger charge is -2.35. The van der Waals surface area contributed by atoms with E-state index in [-0.39, 0.29) is 6.61 Å². The molecule has 2 aromatic rings. The molecule has 1 amide bonds. The van der Waals surface area contributed by atoms with Crippen LogP contribution in [-0.4, -0.2) is 74.0 Å². The van der Waals surface area contributed by atoms with Gasteiger partial charge in [0.15, 0.2) is 0 Å². The summed E-state index contributed by atoms with van der Waals surface area (Å²) in [5.74, 6) is 0.827. The Balaban J connectivity index is 1.21. The van der Waals surface area contributed by atoms with Crippen LogP contribution in [0.25, 0.3) is 0 Å². The molecule has 0 saturated carbocycles. The average molecular weight is 775 g/mol. The Morgan fingerprint density at radius 3 is 2.04 bits per heavy atom. The van der Waals surface area contributed by atoms with Gasteiger partial charge >= 0.3 is 12.2 Å². The molecule has 0 radical (unpaired) electrons. The Labute approximate surface area is 301 Å². The Morgan fingerprint density at radius 1 is 0.792 bits per heavy atom. The summed E-state index contributed by atoms with van der Waals surface area (Å²) in [7, 11) is 2.12. The lowest BCUT2D eigenvalue weighted by Crippen LogP contribution is -2.47. The molecule has 1 unspecified atom stereocenters. The maximum absolute atomic E-state index is 13.8. The van der Waals surface area contributed by atoms with E-state index >= 15 is 0 Å². The first-order valence-corrected chi connectivity index (χ1v) is 19.2. The zero-order valence-electron chi connectivity index (χ0n) is 29.3. The lowest BCUT2D eigenvalue weighted by molar-refractivity contribution is -0.0724. The Kier molecular flexibility index (Phi) is 16.3. The van der Waals surface area contributed by atoms with E-state index in [0.717, 1.165) is 60.4 Å². The number of hydrogen-bond donors (Lipinski definition) is 0. The number of hydrogen-bond acceptors (Lipinski definition) is 8. The van der Waals surface area contributed by atoms with Gasteiger partial charge in [0.25, 0.3) is 0 Å². The second-order valence-electron chi connectivity index (χ2n) is 13.0. The molecule has 9 nitrogen and oxygen atoms in total. The van der Waals surface area contributed by atoms with E-state index in [2.05, 4.69) is 46.4 Å². The van der Waals surface area contributed by atoms with Crippen molar-refractivity contribution < 1.29 is 23.8 Å². The zero-order chi connectivity index (χ0) is 34.1. The minimum Gasteiger partial charge on any atom is -0.434 e. The van der Waals surface area contributed by atoms with E-state index in [1.54, 1.807) is 0 Å². The van der Waals surface area contributed by atoms with Crippen LogP contribution in [0, 0.1) is 3.57 Å². The van der Waals surface area contributed by atoms with Gasteiger partial charge in [-0.1, -0.05) is 103 Å². The highest BCUT2D eigenvalue weighted by Gasteiger charge is 2.32. The van der Waals surface area contributed by atoms with E-state index in [4.69, 9.17) is 19.2 Å². The van der Waals surface area contributed by atoms with E-state index in [9.17, 15) is 9.59 Å². The number of halogens is 1. The number of aliphatic imine (C=N–C) groups is 1. The molecule has 48 heavy (non-hydrogen) atoms. The number of fused-ring (bicyclic) bond motifs is 2. The predicted molar refractivity (Wildman–Crippen MR) is 202 cm³/mol. The summed E-state index contributed by atoms with van der Waals surface area (Å²) in [6, 6.07) is 13.5. The van der Waals surface area contributed by atoms with E-state index in [1.807, 2.05) is 42.5 Å². The smallest absolute Gasteiger partial charge is 0.434 e. The molecule has 0 spiro atoms. The fraction of sp³-hybridized carbons (Fsp3) is 0.605. The highest BCUT2D eigenvalue weighted by molar-refractivity contribution is 14.1. The van der Waals surface area contributed by atoms with Crippen molar-refractivity contribution in [3.8, 4) is 0 Å². The van der Waals surface area contributed by atoms with Gasteiger partial charge in [-0.05, 0) is 66.4 Å². The zero-order valence-corrected chi connectivity index (χ0v) is 31.4. The monoisotopic (exact) mass is 774 g/mol. The van der Waals surface area contributed by atoms with Crippen LogP contribution in [0.3, 0.4) is 0 Å². The van der Waals surface area contributed by atoms with Crippen molar-refractivity contribution in [1.82, 2.24) is 9.80 Å². The number of unbranched alkanes of at least 4 members (excludes halogenated alkanes) is 13. The quantitative estimate of drug-likeness (QED) is 0.0685. The van der Waals surface area contributed by atoms with Crippen LogP contribution >= 0.6 is 22.6 Å². The number of amides is 1. The van der Waals surface area contributed by atoms with Gasteiger partial charge in [-0.3, -0.25) is 0 Å². The molecule has 0 aromatic heterocycles. The number of amidine groups is 1. The van der Waals surface area contributed by atoms with Gasteiger partial charge in [0.1, 0.15) is 5.84 Å². The summed E-state index contributed by atoms with van der Waals surface area (Å²) in [6.07, 6.45) is 15.1. The number of carbonyl (C=O) groups excluding carboxylic acids is 2. The van der Waals surface area contributed by atoms with Gasteiger partial charge in [-0.25, -0.2) is 19.5 Å². The van der Waals surface area contributed by atoms with E-state index < -0.39 is 18.5 Å². The fourth-order valence-electron chi connectivity index (χ4n) is 6.23. The number of piperazine rings is 1. The average Bonchev–Trinajstić information content (AvgIpc) is 3.21. The molecule has 0 N–H and O–H groups in total. The standard InChI is InChI=1S/C38H55IN4O5/c1-4-5-6-7-8-9-10-11-12-13-14-15-16-19-28-46-38(45)48-30(2)47-37(44)43-34-21-18-17-20-32(34)36(42-26-24-41(3)25-27-42)40-33-29-31(39)22-23-35(33)43/h17-18,20-23,29-30H,4-16,19,24-28H2,1-3H3. The highest BCUT2D eigenvalue weighted by atomic mass is 127. The maximum atomic E-state index is 13.8. The third-order valence-electron chi connectivity index (χ3n) is 9.02. The van der Waals surface area contributed by atoms with Gasteiger partial charge in [0.2, 0.25) is 6.29 Å². The van der Waals surface area contributed by atoms with Crippen molar-refractivity contribution in [2.45, 2.75) is 110 Å². The SMILES string of the molecule is CCCCCCCCCCCCCCCCOC(=O)OC(C)OC(=O)N1c2ccc(I)cc2N=C(N2CCN(C)CC2)c2ccccc21. The molecule has 2 aliphatic rings. The van der Waals surface area contributed by atoms with Crippen LogP contribution in [0.15, 0.2) is 47.5 Å². The lowest BCUT2D eigenvalue weighted by atomic mass is 10.0. The molecular weight excluding hydrogens is 719 g/mol. The minimum atomic E-state index is -1.14. The number of rotatable bonds is 17. The molecule has 1 saturated heterocycles. The second kappa shape index (κ2) is 20.6. The van der Waals surface area contributed by atoms with Gasteiger partial charge in [0, 0.05) is 42.2 Å². The Morgan fingerprint density at radius 2 is 1.40 bits per heavy atom. The summed E-state index contributed by atoms with van der Waals surface area (Å²) >= 11 is 2.26. The van der Waals surface area contributed by atoms with Crippen molar-refractivity contribution in [2.24, 2.45) is 4.99 Å². The topological polar surface area (TPSA) is 83.9 Å². The molecule has 10 heteroatoms. The maximum Gasteiger partial charge on any atom is 0.511 e. The summed E-state index contributed by atoms with van der Waals surface area (Å²) < 4.78 is 17.3. The third-order valence-corrected chi connectivity index (χ3v) is 9.69. The predicted octanol–water partition coefficient (Wildman–Crippen LogP) is 10.2. The van der Waals surface area contributed by atoms with Crippen LogP contribution in [0.4, 0.5) is 26.7 Å². The third kappa shape index (κ3) is 11.9. The summed E-state index contributed by atoms with van der Waals surface area (Å²) in [5.41, 5.74) is 2.77. The number of carbonyl (C=O) groups is 2. The molecule has 0 bridgehead atoms. The Hall–Kier alpha value is -2.86. The molecule has 264 valence electrons. The van der Waals surface area contributed by atoms with Crippen molar-refractivity contribution >= 4 is 57.7 Å². The number of benzene rings is 2. The largest absolute Gasteiger partial charge is 0.511 e. The van der Waals surface area contributed by atoms with Gasteiger partial charge < -0.3 is 24.0 Å². The van der Waals surface area contributed by atoms with Crippen LogP contribution in [0.2, 0.25) is 0 Å². The van der Waals surface area contributed by atoms with Crippen LogP contribution in [0.1, 0.15) is 109 Å². The summed E-state index contributed by atoms with van der Waals surface area (Å²) in [5, 5.41) is 0. The number of ether oxygens (including phenoxy) is 3. The molecule has 2 aromatic carbocycles. The van der Waals surface area contributed by atoms with Gasteiger partial charge in [0.05, 0.1) is 23.7 Å². The molecule has 2 heterocycles. The second-order valence-corrected chi connectivity index (χ2v) is 14.2. The normalized spacial score (nSPS) is 15.2. The van der Waals surface area contributed by atoms with E-state index in [0.29, 0.717) is 17.1 Å². The van der Waals surface area contributed by atoms with Crippen LogP contribution in [0.5, 0.6) is 0 Å². The van der Waals surface area contributed by atoms with Crippen molar-refractivity contribution in [3.05, 3.63) is 51.6 Å². The number of anilines is 2. The van der Waals surface area contributed by atoms with Crippen LogP contribution in [-0.2, 0) is 14.2 Å². The number of likely N-dealkylation sites (N-methyl/N-ethyl adjacent to an activating group) is 1. The first-order valence-electron chi connectivity index (χ1n) is 18.1. The molecule has 0 aliphatic carbocycles. The van der Waals surface area contributed by atoms with Gasteiger partial charge in [-0.15, -0.1) is 0 Å². The van der Waals surface area contributed by atoms with Crippen molar-refractivity contribution in [3.63, 3.8) is 0 Å². The van der Waals surface area contributed by atoms with E-state index in [1.165, 1.54) is 82.5 Å². The number of para-hydroxylation sites is 1. The molecular formula is C38H55IN4O5. The molecule has 4 rings (SSSR count). The van der Waals surface area contributed by atoms with Crippen molar-refractivity contribution in [2.75, 3.05) is 44.7 Å². The first kappa shape index (κ1) is 38.0. The first-order chi connectivity index (χ1) is 23.4. The molecule has 2 aliphatic heterocycles. The van der Waals surface area contributed by atoms with Crippen molar-refractivity contribution in [1.29, 1.82) is 0 Å². The molecule has 1 fully saturated rings. The van der Waals surface area contributed by atoms with Crippen LogP contribution < -0.4 is 4.90 Å². The minimum absolute atomic E-state index is 0.287. The Bertz CT molecular complexity index is 1330. The molecule has 1 atom stereocenters. The number of nitrogens with zero attached hydrogens (tertiary/aromatic N) is 4.